The summed E-state index contributed by atoms with van der Waals surface area (Å²) in [4.78, 5) is 48.4. The van der Waals surface area contributed by atoms with Crippen molar-refractivity contribution in [1.29, 1.82) is 0 Å². The van der Waals surface area contributed by atoms with Crippen LogP contribution in [0.1, 0.15) is 34.7 Å². The lowest BCUT2D eigenvalue weighted by Gasteiger charge is -2.18. The monoisotopic (exact) mass is 702 g/mol. The molecule has 2 atom stereocenters. The van der Waals surface area contributed by atoms with Crippen molar-refractivity contribution in [1.82, 2.24) is 10.6 Å². The second-order valence-corrected chi connectivity index (χ2v) is 11.6. The molecule has 0 saturated carbocycles. The summed E-state index contributed by atoms with van der Waals surface area (Å²) in [6, 6.07) is 45.3. The molecule has 0 aliphatic heterocycles. The van der Waals surface area contributed by atoms with E-state index < -0.39 is 36.2 Å². The second-order valence-electron chi connectivity index (χ2n) is 11.6. The summed E-state index contributed by atoms with van der Waals surface area (Å²) in [5.74, 6) is -1.01. The van der Waals surface area contributed by atoms with Crippen LogP contribution in [0.2, 0.25) is 0 Å². The van der Waals surface area contributed by atoms with E-state index in [0.717, 1.165) is 27.8 Å². The van der Waals surface area contributed by atoms with Crippen LogP contribution >= 0.6 is 0 Å². The summed E-state index contributed by atoms with van der Waals surface area (Å²) in [6.45, 7) is 2.15. The number of carbonyl (C=O) groups is 4. The number of hydrogen-bond donors (Lipinski definition) is 2. The van der Waals surface area contributed by atoms with Gasteiger partial charge in [0.2, 0.25) is 0 Å². The lowest BCUT2D eigenvalue weighted by atomic mass is 10.1. The normalized spacial score (nSPS) is 11.3. The molecule has 0 spiro atoms. The van der Waals surface area contributed by atoms with Gasteiger partial charge in [-0.25, -0.2) is 19.2 Å². The summed E-state index contributed by atoms with van der Waals surface area (Å²) in [5.41, 5.74) is 4.43. The minimum atomic E-state index is -0.843. The third-order valence-electron chi connectivity index (χ3n) is 7.42. The Kier molecular flexibility index (Phi) is 16.0. The molecule has 0 aromatic heterocycles. The Morgan fingerprint density at radius 3 is 1.12 bits per heavy atom. The van der Waals surface area contributed by atoms with Crippen molar-refractivity contribution in [2.45, 2.75) is 51.9 Å². The number of ether oxygens (including phenoxy) is 4. The van der Waals surface area contributed by atoms with Crippen LogP contribution in [0.15, 0.2) is 152 Å². The van der Waals surface area contributed by atoms with Gasteiger partial charge in [0.25, 0.3) is 0 Å². The molecule has 52 heavy (non-hydrogen) atoms. The molecule has 10 heteroatoms. The molecule has 268 valence electrons. The molecule has 0 fully saturated rings. The zero-order chi connectivity index (χ0) is 36.8. The number of benzene rings is 5. The highest BCUT2D eigenvalue weighted by Gasteiger charge is 2.24. The van der Waals surface area contributed by atoms with Gasteiger partial charge >= 0.3 is 24.1 Å². The van der Waals surface area contributed by atoms with Crippen molar-refractivity contribution in [3.05, 3.63) is 179 Å². The zero-order valence-corrected chi connectivity index (χ0v) is 28.9. The van der Waals surface area contributed by atoms with Gasteiger partial charge in [-0.2, -0.15) is 0 Å². The Labute approximate surface area is 303 Å². The van der Waals surface area contributed by atoms with Crippen molar-refractivity contribution >= 4 is 24.1 Å². The fraction of sp³-hybridized carbons (Fsp3) is 0.190. The number of amides is 2. The average Bonchev–Trinajstić information content (AvgIpc) is 3.19. The van der Waals surface area contributed by atoms with E-state index in [4.69, 9.17) is 18.9 Å². The standard InChI is InChI=1S/C24H23NO4.C18H19NO4/c26-23(28-17-20-12-6-2-7-13-20)22(16-19-10-4-1-5-11-19)25-24(27)29-18-21-14-8-3-9-15-21;1-14(17(20)22-12-15-8-4-2-5-9-15)19-18(21)23-13-16-10-6-3-7-11-16/h1-15,22H,16-18H2,(H,25,27);2-11,14H,12-13H2,1H3,(H,19,21). The van der Waals surface area contributed by atoms with Gasteiger partial charge in [-0.1, -0.05) is 152 Å². The maximum Gasteiger partial charge on any atom is 0.408 e. The van der Waals surface area contributed by atoms with Gasteiger partial charge in [-0.15, -0.1) is 0 Å². The number of alkyl carbamates (subject to hydrolysis) is 2. The minimum absolute atomic E-state index is 0.129. The Hall–Kier alpha value is -6.42. The van der Waals surface area contributed by atoms with Crippen LogP contribution in [0.5, 0.6) is 0 Å². The van der Waals surface area contributed by atoms with Gasteiger partial charge in [0.1, 0.15) is 38.5 Å². The molecule has 2 unspecified atom stereocenters. The van der Waals surface area contributed by atoms with E-state index in [2.05, 4.69) is 10.6 Å². The molecular weight excluding hydrogens is 660 g/mol. The van der Waals surface area contributed by atoms with Crippen LogP contribution in [0.25, 0.3) is 0 Å². The first kappa shape index (κ1) is 38.4. The number of carbonyl (C=O) groups excluding carboxylic acids is 4. The summed E-state index contributed by atoms with van der Waals surface area (Å²) in [7, 11) is 0. The van der Waals surface area contributed by atoms with Crippen molar-refractivity contribution < 1.29 is 38.1 Å². The van der Waals surface area contributed by atoms with Crippen LogP contribution < -0.4 is 10.6 Å². The molecule has 5 rings (SSSR count). The van der Waals surface area contributed by atoms with Crippen molar-refractivity contribution in [2.75, 3.05) is 0 Å². The molecule has 2 N–H and O–H groups in total. The van der Waals surface area contributed by atoms with Gasteiger partial charge in [-0.05, 0) is 34.7 Å². The van der Waals surface area contributed by atoms with E-state index >= 15 is 0 Å². The Bertz CT molecular complexity index is 1790. The number of nitrogens with one attached hydrogen (secondary N) is 2. The molecule has 0 aliphatic carbocycles. The highest BCUT2D eigenvalue weighted by atomic mass is 16.6. The SMILES string of the molecule is CC(NC(=O)OCc1ccccc1)C(=O)OCc1ccccc1.O=C(NC(Cc1ccccc1)C(=O)OCc1ccccc1)OCc1ccccc1. The molecule has 0 radical (unpaired) electrons. The third-order valence-corrected chi connectivity index (χ3v) is 7.42. The lowest BCUT2D eigenvalue weighted by Crippen LogP contribution is -2.43. The summed E-state index contributed by atoms with van der Waals surface area (Å²) >= 11 is 0. The minimum Gasteiger partial charge on any atom is -0.459 e. The lowest BCUT2D eigenvalue weighted by molar-refractivity contribution is -0.148. The van der Waals surface area contributed by atoms with Crippen LogP contribution in [0, 0.1) is 0 Å². The molecule has 0 saturated heterocycles. The fourth-order valence-corrected chi connectivity index (χ4v) is 4.63. The van der Waals surface area contributed by atoms with Crippen molar-refractivity contribution in [3.8, 4) is 0 Å². The van der Waals surface area contributed by atoms with Gasteiger partial charge in [0.05, 0.1) is 0 Å². The summed E-state index contributed by atoms with van der Waals surface area (Å²) in [6.07, 6.45) is -1.00. The van der Waals surface area contributed by atoms with Crippen molar-refractivity contribution in [3.63, 3.8) is 0 Å². The predicted octanol–water partition coefficient (Wildman–Crippen LogP) is 7.31. The van der Waals surface area contributed by atoms with E-state index in [1.165, 1.54) is 0 Å². The highest BCUT2D eigenvalue weighted by molar-refractivity contribution is 5.82. The molecule has 2 amide bonds. The van der Waals surface area contributed by atoms with Gasteiger partial charge < -0.3 is 29.6 Å². The first-order chi connectivity index (χ1) is 25.4. The van der Waals surface area contributed by atoms with E-state index in [0.29, 0.717) is 6.42 Å². The highest BCUT2D eigenvalue weighted by Crippen LogP contribution is 2.09. The molecule has 0 bridgehead atoms. The third kappa shape index (κ3) is 14.6. The molecular formula is C42H42N2O8. The van der Waals surface area contributed by atoms with Crippen LogP contribution in [-0.4, -0.2) is 36.2 Å². The topological polar surface area (TPSA) is 129 Å². The van der Waals surface area contributed by atoms with E-state index in [-0.39, 0.29) is 26.4 Å². The fourth-order valence-electron chi connectivity index (χ4n) is 4.63. The number of rotatable bonds is 14. The predicted molar refractivity (Wildman–Crippen MR) is 195 cm³/mol. The molecule has 0 aliphatic rings. The first-order valence-electron chi connectivity index (χ1n) is 16.7. The molecule has 10 nitrogen and oxygen atoms in total. The van der Waals surface area contributed by atoms with E-state index in [1.54, 1.807) is 6.92 Å². The smallest absolute Gasteiger partial charge is 0.408 e. The van der Waals surface area contributed by atoms with E-state index in [9.17, 15) is 19.2 Å². The largest absolute Gasteiger partial charge is 0.459 e. The molecule has 5 aromatic carbocycles. The van der Waals surface area contributed by atoms with Crippen LogP contribution in [0.4, 0.5) is 9.59 Å². The Morgan fingerprint density at radius 2 is 0.731 bits per heavy atom. The van der Waals surface area contributed by atoms with Crippen LogP contribution in [0.3, 0.4) is 0 Å². The second kappa shape index (κ2) is 21.6. The maximum absolute atomic E-state index is 12.6. The quantitative estimate of drug-likeness (QED) is 0.0911. The number of esters is 2. The van der Waals surface area contributed by atoms with Gasteiger partial charge in [0.15, 0.2) is 0 Å². The van der Waals surface area contributed by atoms with E-state index in [1.807, 2.05) is 152 Å². The van der Waals surface area contributed by atoms with Crippen molar-refractivity contribution in [2.24, 2.45) is 0 Å². The number of hydrogen-bond acceptors (Lipinski definition) is 8. The maximum atomic E-state index is 12.6. The first-order valence-corrected chi connectivity index (χ1v) is 16.7. The average molecular weight is 703 g/mol. The summed E-state index contributed by atoms with van der Waals surface area (Å²) < 4.78 is 20.9. The van der Waals surface area contributed by atoms with Gasteiger partial charge in [-0.3, -0.25) is 0 Å². The molecule has 5 aromatic rings. The summed E-state index contributed by atoms with van der Waals surface area (Å²) in [5, 5.41) is 5.09. The zero-order valence-electron chi connectivity index (χ0n) is 28.9. The Balaban J connectivity index is 0.000000239. The Morgan fingerprint density at radius 1 is 0.423 bits per heavy atom. The van der Waals surface area contributed by atoms with Crippen LogP contribution in [-0.2, 0) is 61.4 Å². The molecule has 0 heterocycles. The van der Waals surface area contributed by atoms with Gasteiger partial charge in [0, 0.05) is 6.42 Å².